The Morgan fingerprint density at radius 1 is 1.18 bits per heavy atom. The molecule has 0 bridgehead atoms. The molecule has 1 N–H and O–H groups in total. The minimum atomic E-state index is -0.747. The van der Waals surface area contributed by atoms with Gasteiger partial charge < -0.3 is 5.11 Å². The van der Waals surface area contributed by atoms with E-state index in [0.717, 1.165) is 40.8 Å². The van der Waals surface area contributed by atoms with Crippen LogP contribution in [0.1, 0.15) is 73.9 Å². The van der Waals surface area contributed by atoms with Crippen molar-refractivity contribution in [2.75, 3.05) is 0 Å². The summed E-state index contributed by atoms with van der Waals surface area (Å²) in [7, 11) is 0. The highest BCUT2D eigenvalue weighted by atomic mass is 16.3. The van der Waals surface area contributed by atoms with Gasteiger partial charge in [0.1, 0.15) is 6.33 Å². The van der Waals surface area contributed by atoms with Gasteiger partial charge in [-0.25, -0.2) is 4.52 Å². The molecule has 2 aromatic heterocycles. The first-order chi connectivity index (χ1) is 18.5. The number of nitriles is 1. The number of benzene rings is 2. The summed E-state index contributed by atoms with van der Waals surface area (Å²) >= 11 is 0. The first-order valence-electron chi connectivity index (χ1n) is 13.4. The maximum atomic E-state index is 14.1. The number of aromatic nitrogens is 4. The largest absolute Gasteiger partial charge is 0.390 e. The third-order valence-electron chi connectivity index (χ3n) is 7.78. The van der Waals surface area contributed by atoms with E-state index in [2.05, 4.69) is 29.7 Å². The van der Waals surface area contributed by atoms with Gasteiger partial charge >= 0.3 is 0 Å². The maximum absolute atomic E-state index is 14.1. The molecular formula is C31H33N5O2. The molecule has 0 saturated heterocycles. The zero-order chi connectivity index (χ0) is 26.7. The molecule has 38 heavy (non-hydrogen) atoms. The van der Waals surface area contributed by atoms with E-state index in [0.29, 0.717) is 49.9 Å². The lowest BCUT2D eigenvalue weighted by Gasteiger charge is -2.36. The Morgan fingerprint density at radius 3 is 2.61 bits per heavy atom. The fourth-order valence-electron chi connectivity index (χ4n) is 5.79. The quantitative estimate of drug-likeness (QED) is 0.322. The molecule has 7 nitrogen and oxygen atoms in total. The van der Waals surface area contributed by atoms with Crippen LogP contribution in [0.25, 0.3) is 16.9 Å². The number of nitrogens with zero attached hydrogens (tertiary/aromatic N) is 5. The predicted molar refractivity (Wildman–Crippen MR) is 148 cm³/mol. The van der Waals surface area contributed by atoms with Crippen molar-refractivity contribution in [2.45, 2.75) is 69.9 Å². The average Bonchev–Trinajstić information content (AvgIpc) is 3.41. The SMILES string of the molecule is C=CCC1(O)CCC(n2c(=O)c(Cc3ccc(-c4ccccc4C#N)cc3)c(CCC)n3ncnc23)CC1. The van der Waals surface area contributed by atoms with Gasteiger partial charge in [0.2, 0.25) is 5.78 Å². The lowest BCUT2D eigenvalue weighted by atomic mass is 9.80. The predicted octanol–water partition coefficient (Wildman–Crippen LogP) is 5.40. The van der Waals surface area contributed by atoms with Crippen LogP contribution in [0.5, 0.6) is 0 Å². The zero-order valence-electron chi connectivity index (χ0n) is 21.8. The number of fused-ring (bicyclic) bond motifs is 1. The van der Waals surface area contributed by atoms with Gasteiger partial charge in [-0.1, -0.05) is 61.9 Å². The second-order valence-electron chi connectivity index (χ2n) is 10.3. The lowest BCUT2D eigenvalue weighted by Crippen LogP contribution is -2.38. The molecular weight excluding hydrogens is 474 g/mol. The van der Waals surface area contributed by atoms with E-state index < -0.39 is 5.60 Å². The highest BCUT2D eigenvalue weighted by Crippen LogP contribution is 2.37. The van der Waals surface area contributed by atoms with Gasteiger partial charge in [0.05, 0.1) is 22.9 Å². The zero-order valence-corrected chi connectivity index (χ0v) is 21.8. The Hall–Kier alpha value is -4.02. The Bertz CT molecular complexity index is 1550. The summed E-state index contributed by atoms with van der Waals surface area (Å²) in [6.07, 6.45) is 8.58. The molecule has 0 spiro atoms. The van der Waals surface area contributed by atoms with Gasteiger partial charge in [0.25, 0.3) is 5.56 Å². The molecule has 1 aliphatic carbocycles. The van der Waals surface area contributed by atoms with Crippen molar-refractivity contribution in [3.05, 3.63) is 100 Å². The Labute approximate surface area is 222 Å². The van der Waals surface area contributed by atoms with Crippen LogP contribution in [-0.2, 0) is 12.8 Å². The third-order valence-corrected chi connectivity index (χ3v) is 7.78. The number of rotatable bonds is 8. The molecule has 1 fully saturated rings. The summed E-state index contributed by atoms with van der Waals surface area (Å²) in [5, 5.41) is 24.9. The van der Waals surface area contributed by atoms with Crippen LogP contribution in [0.2, 0.25) is 0 Å². The van der Waals surface area contributed by atoms with Gasteiger partial charge in [0.15, 0.2) is 0 Å². The monoisotopic (exact) mass is 507 g/mol. The minimum absolute atomic E-state index is 0.0213. The van der Waals surface area contributed by atoms with Crippen LogP contribution in [0.15, 0.2) is 72.3 Å². The van der Waals surface area contributed by atoms with E-state index in [1.807, 2.05) is 57.6 Å². The topological polar surface area (TPSA) is 96.2 Å². The first kappa shape index (κ1) is 25.6. The summed E-state index contributed by atoms with van der Waals surface area (Å²) in [5.74, 6) is 0.574. The normalized spacial score (nSPS) is 19.3. The van der Waals surface area contributed by atoms with Gasteiger partial charge in [-0.05, 0) is 61.3 Å². The van der Waals surface area contributed by atoms with Crippen LogP contribution in [0, 0.1) is 11.3 Å². The molecule has 0 aliphatic heterocycles. The highest BCUT2D eigenvalue weighted by molar-refractivity contribution is 5.70. The Balaban J connectivity index is 1.53. The van der Waals surface area contributed by atoms with Crippen molar-refractivity contribution >= 4 is 5.78 Å². The van der Waals surface area contributed by atoms with Crippen LogP contribution in [0.4, 0.5) is 0 Å². The van der Waals surface area contributed by atoms with Crippen LogP contribution in [0.3, 0.4) is 0 Å². The molecule has 5 rings (SSSR count). The fourth-order valence-corrected chi connectivity index (χ4v) is 5.79. The smallest absolute Gasteiger partial charge is 0.259 e. The molecule has 2 heterocycles. The van der Waals surface area contributed by atoms with Crippen LogP contribution in [-0.4, -0.2) is 29.9 Å². The highest BCUT2D eigenvalue weighted by Gasteiger charge is 2.34. The number of hydrogen-bond acceptors (Lipinski definition) is 5. The van der Waals surface area contributed by atoms with Gasteiger partial charge in [-0.3, -0.25) is 9.36 Å². The molecule has 0 amide bonds. The number of aliphatic hydroxyl groups is 1. The summed E-state index contributed by atoms with van der Waals surface area (Å²) in [5.41, 5.74) is 4.40. The van der Waals surface area contributed by atoms with E-state index in [4.69, 9.17) is 0 Å². The average molecular weight is 508 g/mol. The van der Waals surface area contributed by atoms with Crippen molar-refractivity contribution in [3.8, 4) is 17.2 Å². The van der Waals surface area contributed by atoms with E-state index in [-0.39, 0.29) is 11.6 Å². The van der Waals surface area contributed by atoms with E-state index in [9.17, 15) is 15.2 Å². The molecule has 4 aromatic rings. The molecule has 0 radical (unpaired) electrons. The summed E-state index contributed by atoms with van der Waals surface area (Å²) in [6, 6.07) is 17.9. The van der Waals surface area contributed by atoms with Crippen molar-refractivity contribution in [1.82, 2.24) is 19.2 Å². The first-order valence-corrected chi connectivity index (χ1v) is 13.4. The lowest BCUT2D eigenvalue weighted by molar-refractivity contribution is -0.00475. The van der Waals surface area contributed by atoms with Crippen LogP contribution < -0.4 is 5.56 Å². The number of hydrogen-bond donors (Lipinski definition) is 1. The third kappa shape index (κ3) is 4.80. The Morgan fingerprint density at radius 2 is 1.92 bits per heavy atom. The van der Waals surface area contributed by atoms with Crippen molar-refractivity contribution in [3.63, 3.8) is 0 Å². The summed E-state index contributed by atoms with van der Waals surface area (Å²) in [4.78, 5) is 18.6. The molecule has 1 aliphatic rings. The Kier molecular flexibility index (Phi) is 7.26. The van der Waals surface area contributed by atoms with E-state index >= 15 is 0 Å². The van der Waals surface area contributed by atoms with Crippen LogP contribution >= 0.6 is 0 Å². The summed E-state index contributed by atoms with van der Waals surface area (Å²) < 4.78 is 3.65. The van der Waals surface area contributed by atoms with E-state index in [1.165, 1.54) is 6.33 Å². The van der Waals surface area contributed by atoms with Crippen molar-refractivity contribution < 1.29 is 5.11 Å². The summed E-state index contributed by atoms with van der Waals surface area (Å²) in [6.45, 7) is 5.88. The molecule has 1 saturated carbocycles. The van der Waals surface area contributed by atoms with E-state index in [1.54, 1.807) is 6.08 Å². The van der Waals surface area contributed by atoms with Gasteiger partial charge in [-0.2, -0.15) is 15.3 Å². The molecule has 0 atom stereocenters. The van der Waals surface area contributed by atoms with Gasteiger partial charge in [-0.15, -0.1) is 6.58 Å². The van der Waals surface area contributed by atoms with Crippen molar-refractivity contribution in [1.29, 1.82) is 5.26 Å². The van der Waals surface area contributed by atoms with Gasteiger partial charge in [0, 0.05) is 18.0 Å². The number of aryl methyl sites for hydroxylation is 1. The second kappa shape index (κ2) is 10.8. The minimum Gasteiger partial charge on any atom is -0.390 e. The molecule has 7 heteroatoms. The molecule has 194 valence electrons. The maximum Gasteiger partial charge on any atom is 0.259 e. The second-order valence-corrected chi connectivity index (χ2v) is 10.3. The molecule has 2 aromatic carbocycles. The standard InChI is InChI=1S/C31H33N5O2/c1-3-7-28-27(19-22-10-12-23(13-11-22)26-9-6-5-8-24(26)20-32)29(37)35(30-33-21-34-36(28)30)25-14-17-31(38,16-4-2)18-15-25/h4-6,8-13,21,25,38H,2-3,7,14-19H2,1H3. The van der Waals surface area contributed by atoms with Crippen molar-refractivity contribution in [2.24, 2.45) is 0 Å². The fraction of sp³-hybridized carbons (Fsp3) is 0.355. The molecule has 0 unspecified atom stereocenters.